The molecule has 4 bridgehead atoms. The molecule has 3 aliphatic rings. The number of primary amides is 1. The Morgan fingerprint density at radius 1 is 0.964 bits per heavy atom. The molecule has 0 aliphatic carbocycles. The summed E-state index contributed by atoms with van der Waals surface area (Å²) in [6.45, 7) is 6.08. The summed E-state index contributed by atoms with van der Waals surface area (Å²) >= 11 is 6.81. The van der Waals surface area contributed by atoms with Crippen molar-refractivity contribution in [1.29, 1.82) is 0 Å². The van der Waals surface area contributed by atoms with E-state index in [2.05, 4.69) is 26.6 Å². The summed E-state index contributed by atoms with van der Waals surface area (Å²) < 4.78 is 34.9. The number of Topliss-reactive ketones (excluding diaryl/α,β-unsaturated/α-hetero) is 1. The second kappa shape index (κ2) is 31.8. The molecule has 26 heteroatoms. The van der Waals surface area contributed by atoms with E-state index in [-0.39, 0.29) is 81.5 Å². The first-order valence-corrected chi connectivity index (χ1v) is 28.2. The van der Waals surface area contributed by atoms with E-state index in [9.17, 15) is 47.9 Å². The lowest BCUT2D eigenvalue weighted by atomic mass is 9.91. The van der Waals surface area contributed by atoms with Crippen molar-refractivity contribution in [2.75, 3.05) is 65.2 Å². The van der Waals surface area contributed by atoms with E-state index in [0.717, 1.165) is 11.1 Å². The number of allylic oxidation sites excluding steroid dienone is 3. The number of nitrogens with one attached hydrogen (secondary N) is 5. The van der Waals surface area contributed by atoms with Crippen LogP contribution in [-0.2, 0) is 70.3 Å². The number of carbonyl (C=O) groups is 10. The second-order valence-electron chi connectivity index (χ2n) is 21.4. The van der Waals surface area contributed by atoms with Crippen molar-refractivity contribution in [1.82, 2.24) is 31.1 Å². The van der Waals surface area contributed by atoms with Gasteiger partial charge < -0.3 is 80.2 Å². The number of amides is 9. The van der Waals surface area contributed by atoms with Gasteiger partial charge in [-0.1, -0.05) is 47.5 Å². The lowest BCUT2D eigenvalue weighted by Crippen LogP contribution is -2.51. The predicted octanol–water partition coefficient (Wildman–Crippen LogP) is 4.74. The van der Waals surface area contributed by atoms with Gasteiger partial charge >= 0.3 is 24.2 Å². The fraction of sp³-hybridized carbons (Fsp3) is 0.552. The molecule has 460 valence electrons. The van der Waals surface area contributed by atoms with E-state index in [0.29, 0.717) is 54.8 Å². The van der Waals surface area contributed by atoms with E-state index in [1.165, 1.54) is 49.8 Å². The Morgan fingerprint density at radius 3 is 2.36 bits per heavy atom. The molecule has 2 aromatic carbocycles. The number of benzene rings is 2. The Labute approximate surface area is 494 Å². The quantitative estimate of drug-likeness (QED) is 0.0358. The van der Waals surface area contributed by atoms with Gasteiger partial charge in [-0.15, -0.1) is 0 Å². The highest BCUT2D eigenvalue weighted by Gasteiger charge is 2.61. The second-order valence-corrected chi connectivity index (χ2v) is 21.7. The van der Waals surface area contributed by atoms with Crippen molar-refractivity contribution >= 4 is 82.5 Å². The summed E-state index contributed by atoms with van der Waals surface area (Å²) in [5.74, 6) is -3.02. The Morgan fingerprint density at radius 2 is 1.68 bits per heavy atom. The van der Waals surface area contributed by atoms with Gasteiger partial charge in [0.1, 0.15) is 53.1 Å². The normalized spacial score (nSPS) is 22.1. The monoisotopic (exact) mass is 1190 g/mol. The van der Waals surface area contributed by atoms with Crippen LogP contribution in [0.1, 0.15) is 103 Å². The van der Waals surface area contributed by atoms with Crippen LogP contribution < -0.4 is 42.0 Å². The SMILES string of the molecule is COc1cc2cc(c1Cl)N(C)C(=O)C[C@H](OC(=O)[C@H](C)N(C)C(=O)CCN(C)C(=O)OCc1ccc(NC(=O)C(CCCNC(N)=O)NC(=O)CNC(=O)CCCCC(C)=O)cc1)[C@]1(C)OC1CC1CC(NC(=O)O1)[C@H](OC)/C=C/C=C(\C)C2. The minimum atomic E-state index is -1.23. The summed E-state index contributed by atoms with van der Waals surface area (Å²) in [6.07, 6.45) is 3.71. The highest BCUT2D eigenvalue weighted by molar-refractivity contribution is 6.35. The number of nitrogens with two attached hydrogens (primary N) is 1. The number of hydrogen-bond acceptors (Lipinski definition) is 16. The number of esters is 1. The Bertz CT molecular complexity index is 2780. The van der Waals surface area contributed by atoms with Crippen molar-refractivity contribution in [2.45, 2.75) is 153 Å². The number of methoxy groups -OCH3 is 2. The smallest absolute Gasteiger partial charge is 0.409 e. The average molecular weight is 1190 g/mol. The Balaban J connectivity index is 1.17. The summed E-state index contributed by atoms with van der Waals surface area (Å²) in [5, 5.41) is 13.3. The number of alkyl carbamates (subject to hydrolysis) is 1. The van der Waals surface area contributed by atoms with Crippen molar-refractivity contribution < 1.29 is 76.4 Å². The maximum atomic E-state index is 14.3. The average Bonchev–Trinajstić information content (AvgIpc) is 4.27. The number of fused-ring (bicyclic) bond motifs is 5. The highest BCUT2D eigenvalue weighted by Crippen LogP contribution is 2.46. The number of ketones is 1. The first kappa shape index (κ1) is 67.0. The third-order valence-electron chi connectivity index (χ3n) is 14.8. The van der Waals surface area contributed by atoms with Gasteiger partial charge in [-0.3, -0.25) is 24.0 Å². The van der Waals surface area contributed by atoms with Crippen LogP contribution in [0.5, 0.6) is 5.75 Å². The van der Waals surface area contributed by atoms with Gasteiger partial charge in [0.25, 0.3) is 0 Å². The number of ether oxygens (including phenoxy) is 6. The molecule has 84 heavy (non-hydrogen) atoms. The zero-order chi connectivity index (χ0) is 61.8. The van der Waals surface area contributed by atoms with E-state index in [4.69, 9.17) is 45.8 Å². The Hall–Kier alpha value is -7.77. The first-order chi connectivity index (χ1) is 39.8. The van der Waals surface area contributed by atoms with Crippen LogP contribution in [0.25, 0.3) is 0 Å². The number of halogens is 1. The number of likely N-dealkylation sites (N-methyl/N-ethyl adjacent to an activating group) is 1. The van der Waals surface area contributed by atoms with Gasteiger partial charge in [-0.2, -0.15) is 0 Å². The molecule has 3 aliphatic heterocycles. The zero-order valence-corrected chi connectivity index (χ0v) is 49.9. The van der Waals surface area contributed by atoms with Crippen molar-refractivity contribution in [3.8, 4) is 5.75 Å². The minimum Gasteiger partial charge on any atom is -0.495 e. The number of urea groups is 1. The molecule has 0 aromatic heterocycles. The van der Waals surface area contributed by atoms with Gasteiger partial charge in [0.05, 0.1) is 44.0 Å². The third-order valence-corrected chi connectivity index (χ3v) is 15.2. The number of rotatable bonds is 24. The van der Waals surface area contributed by atoms with Crippen LogP contribution in [0.4, 0.5) is 25.8 Å². The molecule has 8 atom stereocenters. The van der Waals surface area contributed by atoms with Gasteiger partial charge in [-0.05, 0) is 95.2 Å². The van der Waals surface area contributed by atoms with Crippen molar-refractivity contribution in [3.05, 3.63) is 76.3 Å². The molecule has 2 saturated heterocycles. The van der Waals surface area contributed by atoms with E-state index >= 15 is 0 Å². The molecule has 7 N–H and O–H groups in total. The fourth-order valence-corrected chi connectivity index (χ4v) is 9.76. The van der Waals surface area contributed by atoms with E-state index in [1.54, 1.807) is 57.5 Å². The van der Waals surface area contributed by atoms with Gasteiger partial charge in [-0.25, -0.2) is 19.2 Å². The van der Waals surface area contributed by atoms with Crippen LogP contribution in [0.15, 0.2) is 60.2 Å². The number of carbonyl (C=O) groups excluding carboxylic acids is 10. The molecule has 2 fully saturated rings. The molecular formula is C58H80ClN9O16. The van der Waals surface area contributed by atoms with E-state index in [1.807, 2.05) is 25.2 Å². The van der Waals surface area contributed by atoms with Crippen LogP contribution in [0.3, 0.4) is 0 Å². The molecule has 4 unspecified atom stereocenters. The van der Waals surface area contributed by atoms with Crippen LogP contribution in [0, 0.1) is 0 Å². The van der Waals surface area contributed by atoms with Crippen LogP contribution in [-0.4, -0.2) is 172 Å². The fourth-order valence-electron chi connectivity index (χ4n) is 9.45. The lowest BCUT2D eigenvalue weighted by Gasteiger charge is -2.33. The first-order valence-electron chi connectivity index (χ1n) is 27.8. The molecular weight excluding hydrogens is 1110 g/mol. The standard InChI is InChI=1S/C58H80ClN9O16/c1-34-14-12-17-44(79-8)42-29-40(82-56(77)65-42)30-47-58(4,84-47)46(31-51(73)68(7)43-27-38(26-34)28-45(80-9)52(43)59)83-54(75)36(3)67(6)50(72)23-25-66(5)57(78)81-33-37-19-21-39(22-20-37)63-53(74)41(16-13-24-61-55(60)76)64-49(71)32-62-48(70)18-11-10-15-35(2)69/h12,14,17,19-22,27-28,36,40-42,44,46-47H,10-11,13,15-16,18,23-26,29-33H2,1-9H3,(H,62,70)(H,63,74)(H,64,71)(H,65,77)(H3,60,61,76)/b17-12+,34-14+/t36-,40?,41?,42?,44+,46-,47?,58-/m0/s1. The molecule has 9 amide bonds. The van der Waals surface area contributed by atoms with Gasteiger partial charge in [0.2, 0.25) is 29.5 Å². The minimum absolute atomic E-state index is 0.0212. The topological polar surface area (TPSA) is 325 Å². The molecule has 5 rings (SSSR count). The number of hydrogen-bond donors (Lipinski definition) is 6. The largest absolute Gasteiger partial charge is 0.495 e. The summed E-state index contributed by atoms with van der Waals surface area (Å²) in [4.78, 5) is 132. The molecule has 0 spiro atoms. The number of epoxide rings is 1. The molecule has 2 aromatic rings. The summed E-state index contributed by atoms with van der Waals surface area (Å²) in [5.41, 5.74) is 6.95. The van der Waals surface area contributed by atoms with E-state index < -0.39 is 96.0 Å². The highest BCUT2D eigenvalue weighted by atomic mass is 35.5. The molecule has 3 heterocycles. The number of anilines is 2. The van der Waals surface area contributed by atoms with Crippen molar-refractivity contribution in [3.63, 3.8) is 0 Å². The molecule has 0 saturated carbocycles. The summed E-state index contributed by atoms with van der Waals surface area (Å²) in [7, 11) is 7.43. The maximum absolute atomic E-state index is 14.3. The van der Waals surface area contributed by atoms with Gasteiger partial charge in [0, 0.05) is 79.1 Å². The molecule has 25 nitrogen and oxygen atoms in total. The van der Waals surface area contributed by atoms with Crippen LogP contribution >= 0.6 is 11.6 Å². The van der Waals surface area contributed by atoms with Crippen molar-refractivity contribution in [2.24, 2.45) is 5.73 Å². The number of nitrogens with zero attached hydrogens (tertiary/aromatic N) is 3. The zero-order valence-electron chi connectivity index (χ0n) is 49.2. The molecule has 0 radical (unpaired) electrons. The van der Waals surface area contributed by atoms with Crippen LogP contribution in [0.2, 0.25) is 5.02 Å². The lowest BCUT2D eigenvalue weighted by molar-refractivity contribution is -0.162. The number of unbranched alkanes of at least 4 members (excludes halogenated alkanes) is 1. The van der Waals surface area contributed by atoms with Gasteiger partial charge in [0.15, 0.2) is 0 Å². The predicted molar refractivity (Wildman–Crippen MR) is 309 cm³/mol. The Kier molecular flexibility index (Phi) is 25.3. The maximum Gasteiger partial charge on any atom is 0.409 e. The summed E-state index contributed by atoms with van der Waals surface area (Å²) in [6, 6.07) is 6.50. The third kappa shape index (κ3) is 20.2.